The summed E-state index contributed by atoms with van der Waals surface area (Å²) in [7, 11) is 1.59. The van der Waals surface area contributed by atoms with Gasteiger partial charge in [0, 0.05) is 18.5 Å². The molecule has 1 aromatic carbocycles. The number of nitrogens with one attached hydrogen (secondary N) is 2. The van der Waals surface area contributed by atoms with Crippen LogP contribution in [0.2, 0.25) is 0 Å². The summed E-state index contributed by atoms with van der Waals surface area (Å²) in [6.07, 6.45) is 2.87. The van der Waals surface area contributed by atoms with Gasteiger partial charge in [0.1, 0.15) is 22.8 Å². The Morgan fingerprint density at radius 1 is 1.31 bits per heavy atom. The van der Waals surface area contributed by atoms with Gasteiger partial charge in [0.15, 0.2) is 0 Å². The summed E-state index contributed by atoms with van der Waals surface area (Å²) in [6.45, 7) is 0.159. The summed E-state index contributed by atoms with van der Waals surface area (Å²) in [5.74, 6) is 0.793. The maximum absolute atomic E-state index is 12.4. The van der Waals surface area contributed by atoms with Crippen molar-refractivity contribution in [1.29, 1.82) is 0 Å². The summed E-state index contributed by atoms with van der Waals surface area (Å²) in [6, 6.07) is 10.7. The molecule has 0 bridgehead atoms. The minimum Gasteiger partial charge on any atom is -0.497 e. The van der Waals surface area contributed by atoms with E-state index in [1.54, 1.807) is 31.5 Å². The number of H-pyrrole nitrogens is 1. The van der Waals surface area contributed by atoms with Crippen LogP contribution in [0.1, 0.15) is 16.2 Å². The first-order valence-corrected chi connectivity index (χ1v) is 7.93. The highest BCUT2D eigenvalue weighted by Gasteiger charge is 2.13. The smallest absolute Gasteiger partial charge is 0.270 e. The van der Waals surface area contributed by atoms with Gasteiger partial charge in [-0.1, -0.05) is 6.07 Å². The highest BCUT2D eigenvalue weighted by molar-refractivity contribution is 5.93. The number of carbonyl (C=O) groups is 1. The maximum Gasteiger partial charge on any atom is 0.270 e. The monoisotopic (exact) mass is 349 g/mol. The Hall–Kier alpha value is -3.68. The number of amides is 1. The largest absolute Gasteiger partial charge is 0.497 e. The minimum atomic E-state index is -0.501. The van der Waals surface area contributed by atoms with E-state index in [0.717, 1.165) is 11.0 Å². The number of pyridine rings is 1. The van der Waals surface area contributed by atoms with Gasteiger partial charge in [-0.25, -0.2) is 9.97 Å². The van der Waals surface area contributed by atoms with E-state index in [-0.39, 0.29) is 12.1 Å². The van der Waals surface area contributed by atoms with Gasteiger partial charge in [0.05, 0.1) is 24.7 Å². The third-order valence-corrected chi connectivity index (χ3v) is 4.01. The van der Waals surface area contributed by atoms with E-state index in [1.807, 2.05) is 18.2 Å². The van der Waals surface area contributed by atoms with E-state index in [4.69, 9.17) is 4.74 Å². The molecule has 0 aliphatic rings. The number of ether oxygens (including phenoxy) is 1. The molecule has 130 valence electrons. The second-order valence-corrected chi connectivity index (χ2v) is 5.66. The number of hydrogen-bond donors (Lipinski definition) is 2. The van der Waals surface area contributed by atoms with Crippen LogP contribution in [0, 0.1) is 0 Å². The minimum absolute atomic E-state index is 0.0218. The number of methoxy groups -OCH3 is 1. The molecule has 0 fully saturated rings. The summed E-state index contributed by atoms with van der Waals surface area (Å²) in [4.78, 5) is 36.4. The Morgan fingerprint density at radius 2 is 2.19 bits per heavy atom. The van der Waals surface area contributed by atoms with E-state index < -0.39 is 11.5 Å². The molecular formula is C18H15N5O3. The molecule has 8 heteroatoms. The topological polar surface area (TPSA) is 101 Å². The normalized spacial score (nSPS) is 11.0. The van der Waals surface area contributed by atoms with Crippen LogP contribution in [0.15, 0.2) is 53.6 Å². The molecule has 0 spiro atoms. The quantitative estimate of drug-likeness (QED) is 0.581. The molecule has 26 heavy (non-hydrogen) atoms. The van der Waals surface area contributed by atoms with Crippen LogP contribution >= 0.6 is 0 Å². The van der Waals surface area contributed by atoms with Crippen LogP contribution in [-0.2, 0) is 6.54 Å². The Labute approximate surface area is 147 Å². The van der Waals surface area contributed by atoms with E-state index in [2.05, 4.69) is 20.3 Å². The molecule has 2 N–H and O–H groups in total. The highest BCUT2D eigenvalue weighted by Crippen LogP contribution is 2.18. The number of hydrogen-bond acceptors (Lipinski definition) is 5. The van der Waals surface area contributed by atoms with Crippen molar-refractivity contribution in [2.45, 2.75) is 6.54 Å². The molecule has 0 radical (unpaired) electrons. The predicted octanol–water partition coefficient (Wildman–Crippen LogP) is 1.51. The van der Waals surface area contributed by atoms with Gasteiger partial charge in [-0.15, -0.1) is 0 Å². The van der Waals surface area contributed by atoms with Crippen molar-refractivity contribution in [1.82, 2.24) is 24.7 Å². The van der Waals surface area contributed by atoms with Crippen molar-refractivity contribution in [2.24, 2.45) is 0 Å². The van der Waals surface area contributed by atoms with Crippen LogP contribution in [0.5, 0.6) is 5.75 Å². The third-order valence-electron chi connectivity index (χ3n) is 4.01. The second kappa shape index (κ2) is 6.32. The second-order valence-electron chi connectivity index (χ2n) is 5.66. The van der Waals surface area contributed by atoms with Gasteiger partial charge in [-0.2, -0.15) is 0 Å². The molecule has 3 aromatic heterocycles. The van der Waals surface area contributed by atoms with Crippen molar-refractivity contribution >= 4 is 22.6 Å². The Kier molecular flexibility index (Phi) is 3.85. The zero-order chi connectivity index (χ0) is 18.1. The molecule has 0 unspecified atom stereocenters. The van der Waals surface area contributed by atoms with E-state index in [9.17, 15) is 9.59 Å². The van der Waals surface area contributed by atoms with E-state index in [0.29, 0.717) is 17.2 Å². The number of fused-ring (bicyclic) bond motifs is 2. The molecule has 0 aliphatic heterocycles. The van der Waals surface area contributed by atoms with E-state index in [1.165, 1.54) is 10.6 Å². The lowest BCUT2D eigenvalue weighted by atomic mass is 10.3. The molecule has 0 aliphatic carbocycles. The predicted molar refractivity (Wildman–Crippen MR) is 95.3 cm³/mol. The number of carbonyl (C=O) groups excluding carboxylic acids is 1. The van der Waals surface area contributed by atoms with Crippen molar-refractivity contribution < 1.29 is 9.53 Å². The van der Waals surface area contributed by atoms with Crippen LogP contribution in [0.25, 0.3) is 16.7 Å². The number of aromatic amines is 1. The van der Waals surface area contributed by atoms with Crippen molar-refractivity contribution in [3.63, 3.8) is 0 Å². The average molecular weight is 349 g/mol. The number of imidazole rings is 1. The summed E-state index contributed by atoms with van der Waals surface area (Å²) in [5.41, 5.74) is 1.62. The third kappa shape index (κ3) is 2.77. The van der Waals surface area contributed by atoms with E-state index >= 15 is 0 Å². The van der Waals surface area contributed by atoms with Gasteiger partial charge in [0.25, 0.3) is 11.5 Å². The van der Waals surface area contributed by atoms with Crippen LogP contribution < -0.4 is 15.6 Å². The molecular weight excluding hydrogens is 334 g/mol. The number of benzene rings is 1. The number of aromatic nitrogens is 4. The van der Waals surface area contributed by atoms with Crippen LogP contribution in [-0.4, -0.2) is 32.4 Å². The zero-order valence-corrected chi connectivity index (χ0v) is 13.9. The maximum atomic E-state index is 12.4. The molecule has 3 heterocycles. The Morgan fingerprint density at radius 3 is 3.04 bits per heavy atom. The highest BCUT2D eigenvalue weighted by atomic mass is 16.5. The number of nitrogens with zero attached hydrogens (tertiary/aromatic N) is 3. The Balaban J connectivity index is 1.55. The molecule has 0 saturated heterocycles. The SMILES string of the molecule is COc1ccc2nc(CNC(=O)c3cnc4ccccn4c3=O)[nH]c2c1. The fraction of sp³-hybridized carbons (Fsp3) is 0.111. The van der Waals surface area contributed by atoms with Crippen LogP contribution in [0.4, 0.5) is 0 Å². The Bertz CT molecular complexity index is 1180. The molecule has 0 atom stereocenters. The number of rotatable bonds is 4. The summed E-state index contributed by atoms with van der Waals surface area (Å²) >= 11 is 0. The lowest BCUT2D eigenvalue weighted by molar-refractivity contribution is 0.0948. The fourth-order valence-corrected chi connectivity index (χ4v) is 2.69. The van der Waals surface area contributed by atoms with Crippen molar-refractivity contribution in [3.05, 3.63) is 70.5 Å². The molecule has 0 saturated carbocycles. The van der Waals surface area contributed by atoms with Gasteiger partial charge < -0.3 is 15.0 Å². The van der Waals surface area contributed by atoms with Gasteiger partial charge >= 0.3 is 0 Å². The molecule has 1 amide bonds. The van der Waals surface area contributed by atoms with Crippen LogP contribution in [0.3, 0.4) is 0 Å². The molecule has 8 nitrogen and oxygen atoms in total. The standard InChI is InChI=1S/C18H15N5O3/c1-26-11-5-6-13-14(8-11)22-15(21-13)10-20-17(24)12-9-19-16-4-2-3-7-23(16)18(12)25/h2-9H,10H2,1H3,(H,20,24)(H,21,22). The lowest BCUT2D eigenvalue weighted by Gasteiger charge is -2.04. The van der Waals surface area contributed by atoms with Gasteiger partial charge in [-0.05, 0) is 24.3 Å². The molecule has 4 aromatic rings. The summed E-state index contributed by atoms with van der Waals surface area (Å²) < 4.78 is 6.51. The fourth-order valence-electron chi connectivity index (χ4n) is 2.69. The first-order valence-electron chi connectivity index (χ1n) is 7.93. The average Bonchev–Trinajstić information content (AvgIpc) is 3.08. The van der Waals surface area contributed by atoms with Gasteiger partial charge in [-0.3, -0.25) is 14.0 Å². The first-order chi connectivity index (χ1) is 12.7. The van der Waals surface area contributed by atoms with Crippen molar-refractivity contribution in [2.75, 3.05) is 7.11 Å². The molecule has 4 rings (SSSR count). The van der Waals surface area contributed by atoms with Gasteiger partial charge in [0.2, 0.25) is 0 Å². The zero-order valence-electron chi connectivity index (χ0n) is 13.9. The van der Waals surface area contributed by atoms with Crippen molar-refractivity contribution in [3.8, 4) is 5.75 Å². The lowest BCUT2D eigenvalue weighted by Crippen LogP contribution is -2.31. The summed E-state index contributed by atoms with van der Waals surface area (Å²) in [5, 5.41) is 2.69. The first kappa shape index (κ1) is 15.8.